The number of pyridine rings is 1. The number of carbonyl (C=O) groups excluding carboxylic acids is 1. The Bertz CT molecular complexity index is 778. The highest BCUT2D eigenvalue weighted by Gasteiger charge is 2.37. The van der Waals surface area contributed by atoms with Crippen LogP contribution in [0, 0.1) is 0 Å². The first-order valence-electron chi connectivity index (χ1n) is 6.79. The van der Waals surface area contributed by atoms with Gasteiger partial charge in [-0.3, -0.25) is 9.48 Å². The lowest BCUT2D eigenvalue weighted by Crippen LogP contribution is -2.23. The highest BCUT2D eigenvalue weighted by Crippen LogP contribution is 2.32. The lowest BCUT2D eigenvalue weighted by atomic mass is 10.2. The minimum Gasteiger partial charge on any atom is -0.343 e. The SMILES string of the molecule is CN(C)C(=O)c1cccc(-c2cc(C(F)(F)F)nn2CC(F)(F)F)n1. The molecule has 0 aliphatic carbocycles. The van der Waals surface area contributed by atoms with E-state index < -0.39 is 36.2 Å². The van der Waals surface area contributed by atoms with Crippen molar-refractivity contribution in [3.8, 4) is 11.4 Å². The molecule has 0 aliphatic rings. The number of aromatic nitrogens is 3. The normalized spacial score (nSPS) is 12.3. The van der Waals surface area contributed by atoms with Crippen molar-refractivity contribution in [1.29, 1.82) is 0 Å². The molecular weight excluding hydrogens is 354 g/mol. The molecule has 0 saturated carbocycles. The molecule has 0 saturated heterocycles. The Hall–Kier alpha value is -2.59. The molecule has 2 rings (SSSR count). The number of rotatable bonds is 3. The van der Waals surface area contributed by atoms with Gasteiger partial charge in [-0.1, -0.05) is 6.07 Å². The fourth-order valence-electron chi connectivity index (χ4n) is 1.98. The summed E-state index contributed by atoms with van der Waals surface area (Å²) in [5.41, 5.74) is -2.30. The van der Waals surface area contributed by atoms with Crippen molar-refractivity contribution in [2.45, 2.75) is 18.9 Å². The van der Waals surface area contributed by atoms with E-state index in [0.29, 0.717) is 6.07 Å². The lowest BCUT2D eigenvalue weighted by molar-refractivity contribution is -0.148. The van der Waals surface area contributed by atoms with Crippen LogP contribution in [0.15, 0.2) is 24.3 Å². The zero-order valence-corrected chi connectivity index (χ0v) is 13.0. The molecule has 25 heavy (non-hydrogen) atoms. The summed E-state index contributed by atoms with van der Waals surface area (Å²) in [6.45, 7) is -1.72. The van der Waals surface area contributed by atoms with Gasteiger partial charge in [0.25, 0.3) is 5.91 Å². The molecule has 2 aromatic rings. The first-order valence-corrected chi connectivity index (χ1v) is 6.79. The molecule has 2 aromatic heterocycles. The molecule has 0 atom stereocenters. The van der Waals surface area contributed by atoms with Gasteiger partial charge >= 0.3 is 12.4 Å². The number of nitrogens with zero attached hydrogens (tertiary/aromatic N) is 4. The van der Waals surface area contributed by atoms with Crippen molar-refractivity contribution in [3.63, 3.8) is 0 Å². The van der Waals surface area contributed by atoms with Gasteiger partial charge in [0, 0.05) is 14.1 Å². The second kappa shape index (κ2) is 6.37. The van der Waals surface area contributed by atoms with Crippen molar-refractivity contribution < 1.29 is 31.1 Å². The van der Waals surface area contributed by atoms with Crippen molar-refractivity contribution in [1.82, 2.24) is 19.7 Å². The molecule has 0 unspecified atom stereocenters. The Morgan fingerprint density at radius 2 is 1.80 bits per heavy atom. The molecule has 5 nitrogen and oxygen atoms in total. The average molecular weight is 366 g/mol. The van der Waals surface area contributed by atoms with Gasteiger partial charge in [0.2, 0.25) is 0 Å². The van der Waals surface area contributed by atoms with Crippen molar-refractivity contribution in [3.05, 3.63) is 35.7 Å². The lowest BCUT2D eigenvalue weighted by Gasteiger charge is -2.12. The highest BCUT2D eigenvalue weighted by atomic mass is 19.4. The molecule has 0 fully saturated rings. The Kier molecular flexibility index (Phi) is 4.78. The quantitative estimate of drug-likeness (QED) is 0.784. The van der Waals surface area contributed by atoms with Crippen LogP contribution in [0.25, 0.3) is 11.4 Å². The molecule has 0 aromatic carbocycles. The van der Waals surface area contributed by atoms with Gasteiger partial charge in [-0.15, -0.1) is 0 Å². The second-order valence-corrected chi connectivity index (χ2v) is 5.29. The van der Waals surface area contributed by atoms with Crippen LogP contribution < -0.4 is 0 Å². The average Bonchev–Trinajstić information content (AvgIpc) is 2.88. The maximum Gasteiger partial charge on any atom is 0.435 e. The zero-order chi connectivity index (χ0) is 19.0. The van der Waals surface area contributed by atoms with E-state index in [-0.39, 0.29) is 16.1 Å². The first kappa shape index (κ1) is 18.7. The van der Waals surface area contributed by atoms with Gasteiger partial charge in [0.05, 0.1) is 11.4 Å². The molecular formula is C14H12F6N4O. The minimum absolute atomic E-state index is 0.115. The van der Waals surface area contributed by atoms with Crippen LogP contribution in [0.5, 0.6) is 0 Å². The summed E-state index contributed by atoms with van der Waals surface area (Å²) >= 11 is 0. The van der Waals surface area contributed by atoms with Gasteiger partial charge in [0.1, 0.15) is 12.2 Å². The maximum atomic E-state index is 12.8. The molecule has 0 radical (unpaired) electrons. The van der Waals surface area contributed by atoms with Crippen LogP contribution in [-0.2, 0) is 12.7 Å². The van der Waals surface area contributed by atoms with Crippen LogP contribution in [0.1, 0.15) is 16.2 Å². The number of carbonyl (C=O) groups is 1. The summed E-state index contributed by atoms with van der Waals surface area (Å²) in [6, 6.07) is 4.30. The third-order valence-corrected chi connectivity index (χ3v) is 3.04. The van der Waals surface area contributed by atoms with Gasteiger partial charge < -0.3 is 4.90 Å². The molecule has 11 heteroatoms. The molecule has 0 aliphatic heterocycles. The summed E-state index contributed by atoms with van der Waals surface area (Å²) in [5.74, 6) is -0.542. The van der Waals surface area contributed by atoms with E-state index in [4.69, 9.17) is 0 Å². The van der Waals surface area contributed by atoms with Crippen LogP contribution in [-0.4, -0.2) is 45.8 Å². The van der Waals surface area contributed by atoms with Crippen LogP contribution in [0.3, 0.4) is 0 Å². The Morgan fingerprint density at radius 3 is 2.32 bits per heavy atom. The monoisotopic (exact) mass is 366 g/mol. The molecule has 0 spiro atoms. The summed E-state index contributed by atoms with van der Waals surface area (Å²) in [5, 5.41) is 2.99. The van der Waals surface area contributed by atoms with E-state index >= 15 is 0 Å². The fourth-order valence-corrected chi connectivity index (χ4v) is 1.98. The summed E-state index contributed by atoms with van der Waals surface area (Å²) in [7, 11) is 2.87. The van der Waals surface area contributed by atoms with E-state index in [1.165, 1.54) is 37.2 Å². The second-order valence-electron chi connectivity index (χ2n) is 5.29. The predicted molar refractivity (Wildman–Crippen MR) is 74.5 cm³/mol. The molecule has 136 valence electrons. The van der Waals surface area contributed by atoms with Crippen molar-refractivity contribution in [2.75, 3.05) is 14.1 Å². The van der Waals surface area contributed by atoms with E-state index in [2.05, 4.69) is 10.1 Å². The number of halogens is 6. The Balaban J connectivity index is 2.55. The van der Waals surface area contributed by atoms with Crippen LogP contribution in [0.2, 0.25) is 0 Å². The molecule has 0 N–H and O–H groups in total. The minimum atomic E-state index is -4.91. The van der Waals surface area contributed by atoms with Gasteiger partial charge in [-0.25, -0.2) is 4.98 Å². The topological polar surface area (TPSA) is 51.0 Å². The fraction of sp³-hybridized carbons (Fsp3) is 0.357. The summed E-state index contributed by atoms with van der Waals surface area (Å²) < 4.78 is 76.5. The predicted octanol–water partition coefficient (Wildman–Crippen LogP) is 3.23. The maximum absolute atomic E-state index is 12.8. The third-order valence-electron chi connectivity index (χ3n) is 3.04. The number of alkyl halides is 6. The van der Waals surface area contributed by atoms with E-state index in [9.17, 15) is 31.1 Å². The standard InChI is InChI=1S/C14H12F6N4O/c1-23(2)12(25)9-5-3-4-8(21-9)10-6-11(14(18,19)20)22-24(10)7-13(15,16)17/h3-6H,7H2,1-2H3. The van der Waals surface area contributed by atoms with E-state index in [0.717, 1.165) is 0 Å². The van der Waals surface area contributed by atoms with Gasteiger partial charge in [0.15, 0.2) is 5.69 Å². The number of amides is 1. The number of hydrogen-bond acceptors (Lipinski definition) is 3. The van der Waals surface area contributed by atoms with E-state index in [1.54, 1.807) is 0 Å². The van der Waals surface area contributed by atoms with Crippen LogP contribution in [0.4, 0.5) is 26.3 Å². The molecule has 2 heterocycles. The summed E-state index contributed by atoms with van der Waals surface area (Å²) in [4.78, 5) is 16.9. The Morgan fingerprint density at radius 1 is 1.16 bits per heavy atom. The van der Waals surface area contributed by atoms with Crippen molar-refractivity contribution in [2.24, 2.45) is 0 Å². The largest absolute Gasteiger partial charge is 0.435 e. The molecule has 1 amide bonds. The van der Waals surface area contributed by atoms with Crippen molar-refractivity contribution >= 4 is 5.91 Å². The Labute approximate surface area is 137 Å². The smallest absolute Gasteiger partial charge is 0.343 e. The zero-order valence-electron chi connectivity index (χ0n) is 13.0. The molecule has 0 bridgehead atoms. The van der Waals surface area contributed by atoms with Gasteiger partial charge in [-0.2, -0.15) is 31.4 Å². The first-order chi connectivity index (χ1) is 11.4. The van der Waals surface area contributed by atoms with Crippen LogP contribution >= 0.6 is 0 Å². The van der Waals surface area contributed by atoms with E-state index in [1.807, 2.05) is 0 Å². The third kappa shape index (κ3) is 4.48. The summed E-state index contributed by atoms with van der Waals surface area (Å²) in [6.07, 6.45) is -9.69. The number of hydrogen-bond donors (Lipinski definition) is 0. The highest BCUT2D eigenvalue weighted by molar-refractivity contribution is 5.92. The van der Waals surface area contributed by atoms with Gasteiger partial charge in [-0.05, 0) is 18.2 Å².